The summed E-state index contributed by atoms with van der Waals surface area (Å²) in [6.45, 7) is 1.96. The molecule has 4 rings (SSSR count). The van der Waals surface area contributed by atoms with Crippen LogP contribution in [0.2, 0.25) is 0 Å². The van der Waals surface area contributed by atoms with Crippen molar-refractivity contribution in [3.8, 4) is 11.5 Å². The number of anilines is 1. The van der Waals surface area contributed by atoms with Crippen LogP contribution in [0.5, 0.6) is 11.5 Å². The van der Waals surface area contributed by atoms with Crippen molar-refractivity contribution in [2.75, 3.05) is 11.1 Å². The maximum Gasteiger partial charge on any atom is 0.586 e. The molecule has 0 aliphatic carbocycles. The van der Waals surface area contributed by atoms with Crippen LogP contribution in [-0.4, -0.2) is 27.9 Å². The zero-order valence-electron chi connectivity index (χ0n) is 14.2. The quantitative estimate of drug-likeness (QED) is 0.678. The molecular weight excluding hydrogens is 376 g/mol. The monoisotopic (exact) mass is 391 g/mol. The van der Waals surface area contributed by atoms with Gasteiger partial charge in [0.15, 0.2) is 11.5 Å². The minimum absolute atomic E-state index is 0.0152. The average Bonchev–Trinajstić information content (AvgIpc) is 3.18. The molecule has 1 aliphatic rings. The zero-order chi connectivity index (χ0) is 19.0. The van der Waals surface area contributed by atoms with Crippen LogP contribution in [0.25, 0.3) is 11.0 Å². The number of halogens is 2. The number of hydrogen-bond donors (Lipinski definition) is 2. The molecule has 6 nitrogen and oxygen atoms in total. The summed E-state index contributed by atoms with van der Waals surface area (Å²) in [5.41, 5.74) is 2.18. The van der Waals surface area contributed by atoms with Gasteiger partial charge in [-0.3, -0.25) is 4.79 Å². The highest BCUT2D eigenvalue weighted by molar-refractivity contribution is 8.00. The highest BCUT2D eigenvalue weighted by Gasteiger charge is 2.43. The lowest BCUT2D eigenvalue weighted by atomic mass is 10.3. The lowest BCUT2D eigenvalue weighted by molar-refractivity contribution is -0.286. The van der Waals surface area contributed by atoms with E-state index in [-0.39, 0.29) is 28.4 Å². The van der Waals surface area contributed by atoms with Gasteiger partial charge < -0.3 is 19.8 Å². The molecule has 1 aliphatic heterocycles. The number of thioether (sulfide) groups is 1. The third-order valence-corrected chi connectivity index (χ3v) is 5.09. The second-order valence-electron chi connectivity index (χ2n) is 5.97. The number of aromatic nitrogens is 2. The van der Waals surface area contributed by atoms with Gasteiger partial charge in [0.2, 0.25) is 5.91 Å². The van der Waals surface area contributed by atoms with Crippen molar-refractivity contribution in [1.29, 1.82) is 0 Å². The highest BCUT2D eigenvalue weighted by atomic mass is 32.2. The minimum Gasteiger partial charge on any atom is -0.395 e. The molecule has 0 fully saturated rings. The number of benzene rings is 2. The molecule has 1 amide bonds. The number of nitrogens with zero attached hydrogens (tertiary/aromatic N) is 1. The van der Waals surface area contributed by atoms with E-state index in [1.54, 1.807) is 0 Å². The van der Waals surface area contributed by atoms with Gasteiger partial charge in [-0.2, -0.15) is 0 Å². The van der Waals surface area contributed by atoms with Gasteiger partial charge in [-0.25, -0.2) is 4.98 Å². The maximum atomic E-state index is 13.0. The summed E-state index contributed by atoms with van der Waals surface area (Å²) in [6.07, 6.45) is -3.68. The summed E-state index contributed by atoms with van der Waals surface area (Å²) in [7, 11) is 0. The number of H-pyrrole nitrogens is 1. The molecule has 0 unspecified atom stereocenters. The number of amides is 1. The lowest BCUT2D eigenvalue weighted by Gasteiger charge is -2.09. The minimum atomic E-state index is -3.68. The summed E-state index contributed by atoms with van der Waals surface area (Å²) in [5.74, 6) is 0.544. The maximum absolute atomic E-state index is 13.0. The van der Waals surface area contributed by atoms with E-state index in [1.165, 1.54) is 30.0 Å². The Balaban J connectivity index is 1.35. The number of carbonyl (C=O) groups excluding carboxylic acids is 1. The molecular formula is C18H15F2N3O3S. The number of ether oxygens (including phenoxy) is 2. The van der Waals surface area contributed by atoms with Gasteiger partial charge in [0.05, 0.1) is 22.0 Å². The predicted molar refractivity (Wildman–Crippen MR) is 98.2 cm³/mol. The van der Waals surface area contributed by atoms with Crippen molar-refractivity contribution >= 4 is 34.4 Å². The van der Waals surface area contributed by atoms with Crippen LogP contribution in [0, 0.1) is 0 Å². The van der Waals surface area contributed by atoms with Crippen molar-refractivity contribution < 1.29 is 23.0 Å². The number of para-hydroxylation sites is 2. The Morgan fingerprint density at radius 1 is 1.26 bits per heavy atom. The van der Waals surface area contributed by atoms with E-state index in [0.29, 0.717) is 5.69 Å². The Morgan fingerprint density at radius 3 is 2.85 bits per heavy atom. The fraction of sp³-hybridized carbons (Fsp3) is 0.222. The first-order valence-electron chi connectivity index (χ1n) is 8.16. The molecule has 2 N–H and O–H groups in total. The van der Waals surface area contributed by atoms with E-state index in [2.05, 4.69) is 24.8 Å². The topological polar surface area (TPSA) is 76.2 Å². The Bertz CT molecular complexity index is 975. The molecule has 0 radical (unpaired) electrons. The molecule has 0 saturated carbocycles. The van der Waals surface area contributed by atoms with Crippen LogP contribution in [0.4, 0.5) is 14.5 Å². The van der Waals surface area contributed by atoms with E-state index in [0.717, 1.165) is 16.9 Å². The van der Waals surface area contributed by atoms with Crippen LogP contribution in [0.3, 0.4) is 0 Å². The summed E-state index contributed by atoms with van der Waals surface area (Å²) >= 11 is 1.42. The molecule has 0 bridgehead atoms. The average molecular weight is 391 g/mol. The second kappa shape index (κ2) is 6.73. The Labute approximate surface area is 157 Å². The smallest absolute Gasteiger partial charge is 0.395 e. The molecule has 140 valence electrons. The Morgan fingerprint density at radius 2 is 2.04 bits per heavy atom. The number of nitrogens with one attached hydrogen (secondary N) is 2. The normalized spacial score (nSPS) is 15.7. The lowest BCUT2D eigenvalue weighted by Crippen LogP contribution is -2.25. The van der Waals surface area contributed by atoms with E-state index >= 15 is 0 Å². The third-order valence-electron chi connectivity index (χ3n) is 3.94. The van der Waals surface area contributed by atoms with Gasteiger partial charge in [0, 0.05) is 11.8 Å². The van der Waals surface area contributed by atoms with E-state index < -0.39 is 6.29 Å². The van der Waals surface area contributed by atoms with Crippen molar-refractivity contribution in [3.63, 3.8) is 0 Å². The Hall–Kier alpha value is -2.81. The van der Waals surface area contributed by atoms with Gasteiger partial charge in [0.25, 0.3) is 0 Å². The standard InChI is InChI=1S/C18H15F2N3O3S/c1-10(17-22-12-4-2-3-5-13(12)23-17)27-9-16(24)21-11-6-7-14-15(8-11)26-18(19,20)25-14/h2-8,10H,9H2,1H3,(H,21,24)(H,22,23)/t10-/m1/s1. The number of alkyl halides is 2. The van der Waals surface area contributed by atoms with Crippen LogP contribution < -0.4 is 14.8 Å². The molecule has 1 atom stereocenters. The highest BCUT2D eigenvalue weighted by Crippen LogP contribution is 2.42. The van der Waals surface area contributed by atoms with Gasteiger partial charge in [-0.15, -0.1) is 20.5 Å². The number of rotatable bonds is 5. The molecule has 2 heterocycles. The molecule has 3 aromatic rings. The fourth-order valence-corrected chi connectivity index (χ4v) is 3.41. The summed E-state index contributed by atoms with van der Waals surface area (Å²) < 4.78 is 34.8. The number of fused-ring (bicyclic) bond motifs is 2. The van der Waals surface area contributed by atoms with Crippen molar-refractivity contribution in [3.05, 3.63) is 48.3 Å². The van der Waals surface area contributed by atoms with Crippen molar-refractivity contribution in [2.45, 2.75) is 18.5 Å². The summed E-state index contributed by atoms with van der Waals surface area (Å²) in [4.78, 5) is 19.9. The third kappa shape index (κ3) is 3.82. The molecule has 9 heteroatoms. The molecule has 1 aromatic heterocycles. The number of hydrogen-bond acceptors (Lipinski definition) is 5. The van der Waals surface area contributed by atoms with Gasteiger partial charge >= 0.3 is 6.29 Å². The number of aromatic amines is 1. The zero-order valence-corrected chi connectivity index (χ0v) is 15.0. The second-order valence-corrected chi connectivity index (χ2v) is 7.30. The van der Waals surface area contributed by atoms with E-state index in [1.807, 2.05) is 31.2 Å². The van der Waals surface area contributed by atoms with Gasteiger partial charge in [0.1, 0.15) is 5.82 Å². The van der Waals surface area contributed by atoms with Crippen LogP contribution in [0.1, 0.15) is 18.0 Å². The number of imidazole rings is 1. The first-order chi connectivity index (χ1) is 12.9. The van der Waals surface area contributed by atoms with E-state index in [9.17, 15) is 13.6 Å². The largest absolute Gasteiger partial charge is 0.586 e. The van der Waals surface area contributed by atoms with Gasteiger partial charge in [-0.1, -0.05) is 12.1 Å². The van der Waals surface area contributed by atoms with Crippen LogP contribution in [-0.2, 0) is 4.79 Å². The van der Waals surface area contributed by atoms with Crippen LogP contribution >= 0.6 is 11.8 Å². The van der Waals surface area contributed by atoms with Crippen LogP contribution in [0.15, 0.2) is 42.5 Å². The first-order valence-corrected chi connectivity index (χ1v) is 9.20. The summed E-state index contributed by atoms with van der Waals surface area (Å²) in [5, 5.41) is 2.65. The molecule has 27 heavy (non-hydrogen) atoms. The van der Waals surface area contributed by atoms with Crippen molar-refractivity contribution in [2.24, 2.45) is 0 Å². The fourth-order valence-electron chi connectivity index (χ4n) is 2.67. The number of carbonyl (C=O) groups is 1. The molecule has 0 saturated heterocycles. The first kappa shape index (κ1) is 17.6. The van der Waals surface area contributed by atoms with E-state index in [4.69, 9.17) is 0 Å². The van der Waals surface area contributed by atoms with Crippen molar-refractivity contribution in [1.82, 2.24) is 9.97 Å². The Kier molecular flexibility index (Phi) is 4.39. The van der Waals surface area contributed by atoms with Gasteiger partial charge in [-0.05, 0) is 31.2 Å². The SMILES string of the molecule is C[C@@H](SCC(=O)Nc1ccc2c(c1)OC(F)(F)O2)c1nc2ccccc2[nH]1. The molecule has 0 spiro atoms. The molecule has 2 aromatic carbocycles. The summed E-state index contributed by atoms with van der Waals surface area (Å²) in [6, 6.07) is 11.8. The predicted octanol–water partition coefficient (Wildman–Crippen LogP) is 4.32.